The van der Waals surface area contributed by atoms with E-state index in [-0.39, 0.29) is 5.52 Å². The Labute approximate surface area is 113 Å². The molecule has 2 heterocycles. The fourth-order valence-electron chi connectivity index (χ4n) is 1.80. The van der Waals surface area contributed by atoms with Crippen molar-refractivity contribution in [3.05, 3.63) is 24.2 Å². The zero-order valence-electron chi connectivity index (χ0n) is 10.9. The van der Waals surface area contributed by atoms with Crippen LogP contribution in [0.5, 0.6) is 0 Å². The first kappa shape index (κ1) is 14.6. The van der Waals surface area contributed by atoms with Crippen LogP contribution in [0.15, 0.2) is 18.5 Å². The molecule has 0 bridgehead atoms. The summed E-state index contributed by atoms with van der Waals surface area (Å²) in [6, 6.07) is 0.962. The number of fused-ring (bicyclic) bond motifs is 1. The molecule has 2 aromatic rings. The fourth-order valence-corrected chi connectivity index (χ4v) is 1.80. The van der Waals surface area contributed by atoms with E-state index in [0.717, 1.165) is 10.6 Å². The molecule has 20 heavy (non-hydrogen) atoms. The van der Waals surface area contributed by atoms with Crippen molar-refractivity contribution in [2.75, 3.05) is 11.9 Å². The van der Waals surface area contributed by atoms with Gasteiger partial charge < -0.3 is 10.4 Å². The number of rotatable bonds is 5. The zero-order chi connectivity index (χ0) is 14.8. The lowest BCUT2D eigenvalue weighted by Gasteiger charge is -2.07. The lowest BCUT2D eigenvalue weighted by molar-refractivity contribution is -0.141. The third kappa shape index (κ3) is 3.38. The van der Waals surface area contributed by atoms with Gasteiger partial charge in [0.15, 0.2) is 11.5 Å². The van der Waals surface area contributed by atoms with Gasteiger partial charge in [0.2, 0.25) is 0 Å². The Bertz CT molecular complexity index is 580. The summed E-state index contributed by atoms with van der Waals surface area (Å²) in [6.07, 6.45) is -0.810. The number of nitrogens with one attached hydrogen (secondary N) is 1. The van der Waals surface area contributed by atoms with Crippen molar-refractivity contribution in [1.29, 1.82) is 0 Å². The van der Waals surface area contributed by atoms with E-state index in [4.69, 9.17) is 5.11 Å². The van der Waals surface area contributed by atoms with E-state index in [2.05, 4.69) is 15.4 Å². The van der Waals surface area contributed by atoms with Crippen molar-refractivity contribution in [3.8, 4) is 0 Å². The van der Waals surface area contributed by atoms with Crippen LogP contribution in [0.1, 0.15) is 25.5 Å². The molecule has 2 rings (SSSR count). The second kappa shape index (κ2) is 5.66. The first-order chi connectivity index (χ1) is 9.38. The number of halogens is 3. The summed E-state index contributed by atoms with van der Waals surface area (Å²) in [5.41, 5.74) is -0.672. The predicted molar refractivity (Wildman–Crippen MR) is 67.4 cm³/mol. The average Bonchev–Trinajstić information content (AvgIpc) is 2.78. The highest BCUT2D eigenvalue weighted by atomic mass is 19.4. The van der Waals surface area contributed by atoms with Crippen molar-refractivity contribution in [3.63, 3.8) is 0 Å². The second-order valence-electron chi connectivity index (χ2n) is 4.55. The summed E-state index contributed by atoms with van der Waals surface area (Å²) in [4.78, 5) is 4.02. The van der Waals surface area contributed by atoms with E-state index in [1.807, 2.05) is 0 Å². The van der Waals surface area contributed by atoms with Gasteiger partial charge in [-0.05, 0) is 19.8 Å². The largest absolute Gasteiger partial charge is 0.435 e. The van der Waals surface area contributed by atoms with Crippen molar-refractivity contribution in [1.82, 2.24) is 14.6 Å². The predicted octanol–water partition coefficient (Wildman–Crippen LogP) is 2.32. The summed E-state index contributed by atoms with van der Waals surface area (Å²) in [5, 5.41) is 15.6. The van der Waals surface area contributed by atoms with Gasteiger partial charge in [-0.2, -0.15) is 18.3 Å². The summed E-state index contributed by atoms with van der Waals surface area (Å²) in [7, 11) is 0. The summed E-state index contributed by atoms with van der Waals surface area (Å²) >= 11 is 0. The van der Waals surface area contributed by atoms with Crippen LogP contribution in [0.2, 0.25) is 0 Å². The molecule has 110 valence electrons. The molecule has 1 atom stereocenters. The molecule has 0 aliphatic rings. The molecule has 1 unspecified atom stereocenters. The molecule has 0 aliphatic carbocycles. The minimum absolute atomic E-state index is 0.275. The highest BCUT2D eigenvalue weighted by molar-refractivity contribution is 5.67. The van der Waals surface area contributed by atoms with Crippen LogP contribution < -0.4 is 5.32 Å². The van der Waals surface area contributed by atoms with E-state index in [9.17, 15) is 13.2 Å². The highest BCUT2D eigenvalue weighted by Gasteiger charge is 2.34. The third-order valence-electron chi connectivity index (χ3n) is 2.77. The van der Waals surface area contributed by atoms with Gasteiger partial charge in [0.25, 0.3) is 0 Å². The van der Waals surface area contributed by atoms with Gasteiger partial charge in [-0.15, -0.1) is 0 Å². The van der Waals surface area contributed by atoms with E-state index in [1.165, 1.54) is 12.4 Å². The van der Waals surface area contributed by atoms with Gasteiger partial charge in [-0.25, -0.2) is 9.50 Å². The molecular weight excluding hydrogens is 273 g/mol. The van der Waals surface area contributed by atoms with Gasteiger partial charge in [-0.3, -0.25) is 0 Å². The Kier molecular flexibility index (Phi) is 4.12. The van der Waals surface area contributed by atoms with E-state index in [1.54, 1.807) is 6.92 Å². The highest BCUT2D eigenvalue weighted by Crippen LogP contribution is 2.29. The zero-order valence-corrected chi connectivity index (χ0v) is 10.9. The Morgan fingerprint density at radius 2 is 2.20 bits per heavy atom. The average molecular weight is 288 g/mol. The number of aliphatic hydroxyl groups is 1. The quantitative estimate of drug-likeness (QED) is 0.829. The molecular formula is C12H15F3N4O. The molecule has 0 aromatic carbocycles. The SMILES string of the molecule is CC(O)CCCNc1nccn2nc(C(F)(F)F)cc12. The minimum Gasteiger partial charge on any atom is -0.393 e. The Balaban J connectivity index is 2.15. The molecule has 2 N–H and O–H groups in total. The third-order valence-corrected chi connectivity index (χ3v) is 2.77. The normalized spacial score (nSPS) is 13.7. The molecule has 0 radical (unpaired) electrons. The van der Waals surface area contributed by atoms with Gasteiger partial charge in [0, 0.05) is 25.0 Å². The van der Waals surface area contributed by atoms with Gasteiger partial charge >= 0.3 is 6.18 Å². The molecule has 8 heteroatoms. The summed E-state index contributed by atoms with van der Waals surface area (Å²) < 4.78 is 39.0. The molecule has 0 fully saturated rings. The fraction of sp³-hybridized carbons (Fsp3) is 0.500. The number of anilines is 1. The smallest absolute Gasteiger partial charge is 0.393 e. The molecule has 0 amide bonds. The number of hydrogen-bond acceptors (Lipinski definition) is 4. The van der Waals surface area contributed by atoms with Crippen LogP contribution in [0.3, 0.4) is 0 Å². The number of nitrogens with zero attached hydrogens (tertiary/aromatic N) is 3. The van der Waals surface area contributed by atoms with Crippen LogP contribution in [-0.4, -0.2) is 32.4 Å². The van der Waals surface area contributed by atoms with Gasteiger partial charge in [-0.1, -0.05) is 0 Å². The molecule has 5 nitrogen and oxygen atoms in total. The van der Waals surface area contributed by atoms with Gasteiger partial charge in [0.1, 0.15) is 5.52 Å². The van der Waals surface area contributed by atoms with Crippen LogP contribution in [0, 0.1) is 0 Å². The number of hydrogen-bond donors (Lipinski definition) is 2. The monoisotopic (exact) mass is 288 g/mol. The Morgan fingerprint density at radius 1 is 1.45 bits per heavy atom. The number of aromatic nitrogens is 3. The lowest BCUT2D eigenvalue weighted by atomic mass is 10.2. The van der Waals surface area contributed by atoms with Crippen molar-refractivity contribution in [2.45, 2.75) is 32.0 Å². The van der Waals surface area contributed by atoms with Crippen LogP contribution >= 0.6 is 0 Å². The molecule has 0 spiro atoms. The summed E-state index contributed by atoms with van der Waals surface area (Å²) in [6.45, 7) is 2.20. The maximum absolute atomic E-state index is 12.6. The molecule has 2 aromatic heterocycles. The standard InChI is InChI=1S/C12H15F3N4O/c1-8(20)3-2-4-16-11-9-7-10(12(13,14)15)18-19(9)6-5-17-11/h5-8,20H,2-4H2,1H3,(H,16,17). The maximum Gasteiger partial charge on any atom is 0.435 e. The van der Waals surface area contributed by atoms with Crippen molar-refractivity contribution < 1.29 is 18.3 Å². The van der Waals surface area contributed by atoms with Crippen molar-refractivity contribution >= 4 is 11.3 Å². The second-order valence-corrected chi connectivity index (χ2v) is 4.55. The number of aliphatic hydroxyl groups excluding tert-OH is 1. The van der Waals surface area contributed by atoms with Gasteiger partial charge in [0.05, 0.1) is 6.10 Å². The minimum atomic E-state index is -4.48. The van der Waals surface area contributed by atoms with Crippen molar-refractivity contribution in [2.24, 2.45) is 0 Å². The van der Waals surface area contributed by atoms with Crippen LogP contribution in [0.4, 0.5) is 19.0 Å². The Morgan fingerprint density at radius 3 is 2.85 bits per heavy atom. The van der Waals surface area contributed by atoms with Crippen LogP contribution in [0.25, 0.3) is 5.52 Å². The number of alkyl halides is 3. The molecule has 0 saturated carbocycles. The molecule has 0 saturated heterocycles. The van der Waals surface area contributed by atoms with E-state index in [0.29, 0.717) is 25.2 Å². The first-order valence-corrected chi connectivity index (χ1v) is 6.21. The van der Waals surface area contributed by atoms with E-state index >= 15 is 0 Å². The van der Waals surface area contributed by atoms with E-state index < -0.39 is 18.0 Å². The molecule has 0 aliphatic heterocycles. The maximum atomic E-state index is 12.6. The van der Waals surface area contributed by atoms with Crippen LogP contribution in [-0.2, 0) is 6.18 Å². The summed E-state index contributed by atoms with van der Waals surface area (Å²) in [5.74, 6) is 0.348. The lowest BCUT2D eigenvalue weighted by Crippen LogP contribution is -2.08. The Hall–Kier alpha value is -1.83. The topological polar surface area (TPSA) is 62.5 Å². The first-order valence-electron chi connectivity index (χ1n) is 6.21.